The first-order valence-corrected chi connectivity index (χ1v) is 6.10. The molecule has 0 saturated heterocycles. The summed E-state index contributed by atoms with van der Waals surface area (Å²) >= 11 is 1.39. The van der Waals surface area contributed by atoms with E-state index in [0.717, 1.165) is 15.4 Å². The van der Waals surface area contributed by atoms with E-state index in [4.69, 9.17) is 0 Å². The molecule has 0 spiro atoms. The van der Waals surface area contributed by atoms with Crippen LogP contribution in [-0.2, 0) is 0 Å². The number of hydrogen-bond donors (Lipinski definition) is 1. The van der Waals surface area contributed by atoms with Gasteiger partial charge in [-0.1, -0.05) is 23.9 Å². The average Bonchev–Trinajstić information content (AvgIpc) is 2.34. The second-order valence-corrected chi connectivity index (χ2v) is 4.86. The zero-order valence-corrected chi connectivity index (χ0v) is 10.5. The van der Waals surface area contributed by atoms with Gasteiger partial charge < -0.3 is 5.11 Å². The van der Waals surface area contributed by atoms with Crippen LogP contribution in [0.25, 0.3) is 0 Å². The van der Waals surface area contributed by atoms with Gasteiger partial charge in [-0.25, -0.2) is 0 Å². The minimum atomic E-state index is -0.415. The molecule has 2 rings (SSSR count). The Morgan fingerprint density at radius 1 is 1.17 bits per heavy atom. The van der Waals surface area contributed by atoms with E-state index in [-0.39, 0.29) is 11.4 Å². The first-order chi connectivity index (χ1) is 8.58. The molecule has 0 saturated carbocycles. The van der Waals surface area contributed by atoms with Crippen molar-refractivity contribution in [2.24, 2.45) is 0 Å². The summed E-state index contributed by atoms with van der Waals surface area (Å²) in [6, 6.07) is 11.7. The minimum absolute atomic E-state index is 0.0779. The Bertz CT molecular complexity index is 599. The Hall–Kier alpha value is -2.01. The molecule has 92 valence electrons. The summed E-state index contributed by atoms with van der Waals surface area (Å²) in [5.74, 6) is 0.209. The number of nitro benzene ring substituents is 1. The van der Waals surface area contributed by atoms with E-state index in [1.54, 1.807) is 24.3 Å². The molecule has 0 fully saturated rings. The van der Waals surface area contributed by atoms with E-state index in [2.05, 4.69) is 0 Å². The highest BCUT2D eigenvalue weighted by Crippen LogP contribution is 2.36. The van der Waals surface area contributed by atoms with E-state index in [0.29, 0.717) is 0 Å². The zero-order chi connectivity index (χ0) is 13.1. The Morgan fingerprint density at radius 3 is 2.50 bits per heavy atom. The number of nitro groups is 1. The number of phenols is 1. The van der Waals surface area contributed by atoms with Gasteiger partial charge in [0.2, 0.25) is 0 Å². The smallest absolute Gasteiger partial charge is 0.269 e. The maximum Gasteiger partial charge on any atom is 0.269 e. The second kappa shape index (κ2) is 5.10. The maximum atomic E-state index is 10.6. The number of nitrogens with zero attached hydrogens (tertiary/aromatic N) is 1. The summed E-state index contributed by atoms with van der Waals surface area (Å²) in [5, 5.41) is 20.3. The molecule has 0 aliphatic rings. The highest BCUT2D eigenvalue weighted by molar-refractivity contribution is 7.99. The number of benzene rings is 2. The van der Waals surface area contributed by atoms with Gasteiger partial charge in [-0.15, -0.1) is 0 Å². The third-order valence-electron chi connectivity index (χ3n) is 2.45. The van der Waals surface area contributed by atoms with Crippen LogP contribution in [0.4, 0.5) is 5.69 Å². The van der Waals surface area contributed by atoms with Gasteiger partial charge in [-0.05, 0) is 30.7 Å². The molecular weight excluding hydrogens is 250 g/mol. The van der Waals surface area contributed by atoms with Crippen LogP contribution in [0.1, 0.15) is 5.56 Å². The van der Waals surface area contributed by atoms with Gasteiger partial charge in [0.05, 0.1) is 9.82 Å². The Kier molecular flexibility index (Phi) is 3.53. The highest BCUT2D eigenvalue weighted by Gasteiger charge is 2.10. The van der Waals surface area contributed by atoms with Crippen LogP contribution in [0.15, 0.2) is 52.3 Å². The topological polar surface area (TPSA) is 63.4 Å². The number of non-ortho nitro benzene ring substituents is 1. The van der Waals surface area contributed by atoms with Crippen molar-refractivity contribution < 1.29 is 10.0 Å². The van der Waals surface area contributed by atoms with Crippen molar-refractivity contribution >= 4 is 17.4 Å². The third-order valence-corrected chi connectivity index (χ3v) is 3.70. The lowest BCUT2D eigenvalue weighted by atomic mass is 10.2. The van der Waals surface area contributed by atoms with Crippen LogP contribution in [0.3, 0.4) is 0 Å². The summed E-state index contributed by atoms with van der Waals surface area (Å²) < 4.78 is 0. The first-order valence-electron chi connectivity index (χ1n) is 5.29. The molecule has 18 heavy (non-hydrogen) atoms. The van der Waals surface area contributed by atoms with Crippen molar-refractivity contribution in [2.45, 2.75) is 16.7 Å². The standard InChI is InChI=1S/C13H11NO3S/c1-9-8-10(14(16)17)6-7-12(9)18-13-5-3-2-4-11(13)15/h2-8,15H,1H3. The minimum Gasteiger partial charge on any atom is -0.507 e. The van der Waals surface area contributed by atoms with E-state index in [9.17, 15) is 15.2 Å². The Labute approximate surface area is 108 Å². The molecule has 5 heteroatoms. The molecule has 0 aromatic heterocycles. The first kappa shape index (κ1) is 12.4. The monoisotopic (exact) mass is 261 g/mol. The lowest BCUT2D eigenvalue weighted by Gasteiger charge is -2.06. The van der Waals surface area contributed by atoms with Gasteiger partial charge >= 0.3 is 0 Å². The van der Waals surface area contributed by atoms with Crippen LogP contribution >= 0.6 is 11.8 Å². The van der Waals surface area contributed by atoms with Crippen molar-refractivity contribution in [2.75, 3.05) is 0 Å². The van der Waals surface area contributed by atoms with Crippen LogP contribution in [0.5, 0.6) is 5.75 Å². The fourth-order valence-electron chi connectivity index (χ4n) is 1.52. The molecule has 2 aromatic rings. The van der Waals surface area contributed by atoms with E-state index in [1.165, 1.54) is 23.9 Å². The van der Waals surface area contributed by atoms with Gasteiger partial charge in [0.1, 0.15) is 5.75 Å². The van der Waals surface area contributed by atoms with E-state index in [1.807, 2.05) is 13.0 Å². The molecule has 2 aromatic carbocycles. The van der Waals surface area contributed by atoms with Crippen LogP contribution in [-0.4, -0.2) is 10.0 Å². The maximum absolute atomic E-state index is 10.6. The largest absolute Gasteiger partial charge is 0.507 e. The molecular formula is C13H11NO3S. The number of phenolic OH excluding ortho intramolecular Hbond substituents is 1. The highest BCUT2D eigenvalue weighted by atomic mass is 32.2. The zero-order valence-electron chi connectivity index (χ0n) is 9.66. The van der Waals surface area contributed by atoms with Crippen molar-refractivity contribution in [1.29, 1.82) is 0 Å². The molecule has 0 unspecified atom stereocenters. The number of rotatable bonds is 3. The summed E-state index contributed by atoms with van der Waals surface area (Å²) in [6.45, 7) is 1.81. The van der Waals surface area contributed by atoms with Crippen LogP contribution < -0.4 is 0 Å². The van der Waals surface area contributed by atoms with Gasteiger partial charge in [-0.3, -0.25) is 10.1 Å². The molecule has 0 atom stereocenters. The molecule has 4 nitrogen and oxygen atoms in total. The van der Waals surface area contributed by atoms with Crippen molar-refractivity contribution in [3.8, 4) is 5.75 Å². The summed E-state index contributed by atoms with van der Waals surface area (Å²) in [5.41, 5.74) is 0.895. The lowest BCUT2D eigenvalue weighted by Crippen LogP contribution is -1.89. The lowest BCUT2D eigenvalue weighted by molar-refractivity contribution is -0.385. The molecule has 0 aliphatic heterocycles. The molecule has 1 N–H and O–H groups in total. The number of hydrogen-bond acceptors (Lipinski definition) is 4. The summed E-state index contributed by atoms with van der Waals surface area (Å²) in [7, 11) is 0. The normalized spacial score (nSPS) is 10.3. The Balaban J connectivity index is 2.30. The van der Waals surface area contributed by atoms with E-state index >= 15 is 0 Å². The van der Waals surface area contributed by atoms with Gasteiger partial charge in [-0.2, -0.15) is 0 Å². The Morgan fingerprint density at radius 2 is 1.89 bits per heavy atom. The fourth-order valence-corrected chi connectivity index (χ4v) is 2.44. The van der Waals surface area contributed by atoms with Gasteiger partial charge in [0.25, 0.3) is 5.69 Å². The summed E-state index contributed by atoms with van der Waals surface area (Å²) in [6.07, 6.45) is 0. The number of aryl methyl sites for hydroxylation is 1. The second-order valence-electron chi connectivity index (χ2n) is 3.78. The fraction of sp³-hybridized carbons (Fsp3) is 0.0769. The van der Waals surface area contributed by atoms with Crippen LogP contribution in [0, 0.1) is 17.0 Å². The molecule has 0 aliphatic carbocycles. The number of para-hydroxylation sites is 1. The SMILES string of the molecule is Cc1cc([N+](=O)[O-])ccc1Sc1ccccc1O. The summed E-state index contributed by atoms with van der Waals surface area (Å²) in [4.78, 5) is 11.8. The van der Waals surface area contributed by atoms with Crippen LogP contribution in [0.2, 0.25) is 0 Å². The number of aromatic hydroxyl groups is 1. The molecule has 0 radical (unpaired) electrons. The van der Waals surface area contributed by atoms with Crippen molar-refractivity contribution in [3.63, 3.8) is 0 Å². The third kappa shape index (κ3) is 2.62. The van der Waals surface area contributed by atoms with Gasteiger partial charge in [0, 0.05) is 17.0 Å². The van der Waals surface area contributed by atoms with Gasteiger partial charge in [0.15, 0.2) is 0 Å². The quantitative estimate of drug-likeness (QED) is 0.675. The van der Waals surface area contributed by atoms with E-state index < -0.39 is 4.92 Å². The molecule has 0 heterocycles. The predicted octanol–water partition coefficient (Wildman–Crippen LogP) is 3.76. The van der Waals surface area contributed by atoms with Crippen molar-refractivity contribution in [1.82, 2.24) is 0 Å². The molecule has 0 bridgehead atoms. The predicted molar refractivity (Wildman–Crippen MR) is 70.1 cm³/mol. The molecule has 0 amide bonds. The average molecular weight is 261 g/mol. The van der Waals surface area contributed by atoms with Crippen molar-refractivity contribution in [3.05, 3.63) is 58.1 Å².